The van der Waals surface area contributed by atoms with Crippen molar-refractivity contribution in [3.8, 4) is 0 Å². The van der Waals surface area contributed by atoms with Gasteiger partial charge in [-0.3, -0.25) is 86.3 Å². The minimum absolute atomic E-state index is 0.569. The fourth-order valence-corrected chi connectivity index (χ4v) is 14.1. The number of amides is 1. The lowest BCUT2D eigenvalue weighted by Crippen LogP contribution is -2.72. The normalized spacial score (nSPS) is 33.6. The predicted molar refractivity (Wildman–Crippen MR) is 384 cm³/mol. The summed E-state index contributed by atoms with van der Waals surface area (Å²) in [6.45, 7) is 16.6. The molecule has 6 aliphatic heterocycles. The van der Waals surface area contributed by atoms with E-state index in [0.717, 1.165) is 125 Å². The van der Waals surface area contributed by atoms with Gasteiger partial charge >= 0.3 is 101 Å². The van der Waals surface area contributed by atoms with Crippen LogP contribution < -0.4 is 5.32 Å². The fourth-order valence-electron chi connectivity index (χ4n) is 14.1. The number of esters is 17. The van der Waals surface area contributed by atoms with E-state index in [-0.39, 0.29) is 0 Å². The average molecular weight is 1760 g/mol. The summed E-state index contributed by atoms with van der Waals surface area (Å²) >= 11 is 0. The first-order valence-electron chi connectivity index (χ1n) is 38.2. The summed E-state index contributed by atoms with van der Waals surface area (Å²) in [6.07, 6.45) is -58.4. The van der Waals surface area contributed by atoms with Gasteiger partial charge in [-0.1, -0.05) is 13.8 Å². The molecule has 6 fully saturated rings. The Bertz CT molecular complexity index is 3750. The van der Waals surface area contributed by atoms with E-state index < -0.39 is 330 Å². The van der Waals surface area contributed by atoms with Crippen molar-refractivity contribution in [2.45, 2.75) is 329 Å². The predicted octanol–water partition coefficient (Wildman–Crippen LogP) is -1.52. The molecule has 1 amide bonds. The first-order chi connectivity index (χ1) is 57.0. The monoisotopic (exact) mass is 1760 g/mol. The highest BCUT2D eigenvalue weighted by Crippen LogP contribution is 2.43. The molecule has 47 heteroatoms. The van der Waals surface area contributed by atoms with Crippen LogP contribution in [-0.4, -0.2) is 324 Å². The van der Waals surface area contributed by atoms with Crippen LogP contribution in [0.25, 0.3) is 0 Å². The standard InChI is InChI=1S/C75H105NO46/c1-27(2)53-61(105-39(14)87)63(107-41(16)89)58(47(113-53)22-95-30(5)78)118-73-68(111-45(20)93)65(109-43(18)91)59(51(117-73)26-99-34(9)82)119-74-69(112-46(21)94)66(57(104-38(13)86)50(115-74)25-98-33(8)81)121-71-52(76-29(4)77)60(55(102-36(11)84)48(114-71)23-96-31(6)79)120-75-70(64(108-42(17)90)56(103-37(12)85)49(116-75)24-97-32(7)80)122-72-67(110-44(19)92)62(106-40(15)88)54(28(3)100-72)101-35(10)83/h27-28,47-75H,22-26H2,1-21H3,(H,76,77)/t28?,47?,48?,49?,50?,51?,52?,53-,54?,55-,56-,57-,58+,59-,60+,61?,62-,63-,64-,65-,66-,67+,68?,69?,70?,71-,72?,73-,74+,75-/m0/s1. The third-order valence-corrected chi connectivity index (χ3v) is 18.2. The number of carbonyl (C=O) groups excluding carboxylic acids is 18. The van der Waals surface area contributed by atoms with Crippen LogP contribution in [0.4, 0.5) is 0 Å². The molecule has 0 aromatic rings. The zero-order valence-electron chi connectivity index (χ0n) is 70.7. The van der Waals surface area contributed by atoms with Crippen molar-refractivity contribution >= 4 is 107 Å². The van der Waals surface area contributed by atoms with Crippen LogP contribution in [0.15, 0.2) is 0 Å². The molecule has 0 saturated carbocycles. The maximum Gasteiger partial charge on any atom is 0.303 e. The van der Waals surface area contributed by atoms with Gasteiger partial charge in [-0.25, -0.2) is 0 Å². The van der Waals surface area contributed by atoms with Gasteiger partial charge in [0.25, 0.3) is 0 Å². The molecular weight excluding hydrogens is 1650 g/mol. The van der Waals surface area contributed by atoms with Crippen LogP contribution in [-0.2, 0) is 219 Å². The Labute approximate surface area is 697 Å². The van der Waals surface area contributed by atoms with E-state index in [1.54, 1.807) is 13.8 Å². The highest BCUT2D eigenvalue weighted by molar-refractivity contribution is 5.74. The second-order valence-corrected chi connectivity index (χ2v) is 28.9. The Morgan fingerprint density at radius 3 is 0.787 bits per heavy atom. The van der Waals surface area contributed by atoms with Crippen LogP contribution in [0, 0.1) is 5.92 Å². The Hall–Kier alpha value is -9.98. The largest absolute Gasteiger partial charge is 0.463 e. The number of rotatable bonds is 34. The molecule has 0 bridgehead atoms. The minimum Gasteiger partial charge on any atom is -0.463 e. The smallest absolute Gasteiger partial charge is 0.303 e. The molecule has 13 unspecified atom stereocenters. The number of ether oxygens (including phenoxy) is 28. The number of hydrogen-bond donors (Lipinski definition) is 1. The lowest BCUT2D eigenvalue weighted by Gasteiger charge is -2.52. The first kappa shape index (κ1) is 101. The van der Waals surface area contributed by atoms with E-state index in [1.807, 2.05) is 0 Å². The second-order valence-electron chi connectivity index (χ2n) is 28.9. The zero-order valence-corrected chi connectivity index (χ0v) is 70.7. The molecule has 686 valence electrons. The van der Waals surface area contributed by atoms with Crippen LogP contribution in [0.1, 0.15) is 145 Å². The van der Waals surface area contributed by atoms with Crippen molar-refractivity contribution in [3.05, 3.63) is 0 Å². The molecule has 0 spiro atoms. The Kier molecular flexibility index (Phi) is 38.0. The highest BCUT2D eigenvalue weighted by Gasteiger charge is 2.64. The van der Waals surface area contributed by atoms with Gasteiger partial charge in [0.2, 0.25) is 5.91 Å². The van der Waals surface area contributed by atoms with Gasteiger partial charge in [0.1, 0.15) is 100 Å². The van der Waals surface area contributed by atoms with Gasteiger partial charge in [0.15, 0.2) is 111 Å². The summed E-state index contributed by atoms with van der Waals surface area (Å²) in [5.74, 6) is -20.1. The van der Waals surface area contributed by atoms with Gasteiger partial charge in [-0.05, 0) is 12.8 Å². The summed E-state index contributed by atoms with van der Waals surface area (Å²) in [7, 11) is 0. The molecule has 0 aliphatic carbocycles. The molecule has 6 aliphatic rings. The maximum absolute atomic E-state index is 14.2. The van der Waals surface area contributed by atoms with Crippen molar-refractivity contribution < 1.29 is 219 Å². The van der Waals surface area contributed by atoms with Gasteiger partial charge < -0.3 is 138 Å². The lowest BCUT2D eigenvalue weighted by molar-refractivity contribution is -0.392. The maximum atomic E-state index is 14.2. The molecule has 1 N–H and O–H groups in total. The Balaban J connectivity index is 1.66. The van der Waals surface area contributed by atoms with Gasteiger partial charge in [-0.15, -0.1) is 0 Å². The molecule has 122 heavy (non-hydrogen) atoms. The van der Waals surface area contributed by atoms with Crippen LogP contribution >= 0.6 is 0 Å². The summed E-state index contributed by atoms with van der Waals surface area (Å²) in [5, 5.41) is 2.56. The average Bonchev–Trinajstić information content (AvgIpc) is 0.754. The van der Waals surface area contributed by atoms with Crippen LogP contribution in [0.2, 0.25) is 0 Å². The summed E-state index contributed by atoms with van der Waals surface area (Å²) in [5.41, 5.74) is 0. The second kappa shape index (κ2) is 45.9. The zero-order chi connectivity index (χ0) is 91.3. The number of nitrogens with one attached hydrogen (secondary N) is 1. The SMILES string of the molecule is CC(=O)NC1[C@H](O[C@@H]2C(OC(C)=O)[C@@H](O[C@H]3C(COC(C)=O)O[C@@H](O[C@@H]4C(COC(C)=O)O[C@@H](C(C)C)C(OC(C)=O)[C@H]4OC(C)=O)C(OC(C)=O)[C@H]3OC(C)=O)OC(COC(C)=O)[C@@H]2OC(C)=O)OC(COC(C)=O)[C@H](OC(C)=O)[C@@H]1O[C@@H]1OC(COC(C)=O)[C@H](OC(C)=O)[C@H](OC(C)=O)C1OC1OC(C)C(OC(C)=O)[C@H](OC(C)=O)[C@H]1OC(C)=O. The molecule has 47 nitrogen and oxygen atoms in total. The molecule has 0 radical (unpaired) electrons. The third-order valence-electron chi connectivity index (χ3n) is 18.2. The van der Waals surface area contributed by atoms with Crippen molar-refractivity contribution in [3.63, 3.8) is 0 Å². The Morgan fingerprint density at radius 2 is 0.451 bits per heavy atom. The molecule has 6 heterocycles. The first-order valence-corrected chi connectivity index (χ1v) is 38.2. The van der Waals surface area contributed by atoms with Crippen molar-refractivity contribution in [2.75, 3.05) is 33.0 Å². The van der Waals surface area contributed by atoms with E-state index in [9.17, 15) is 86.3 Å². The van der Waals surface area contributed by atoms with E-state index >= 15 is 0 Å². The molecule has 0 aromatic carbocycles. The molecular formula is C75H105NO46. The van der Waals surface area contributed by atoms with Crippen molar-refractivity contribution in [1.82, 2.24) is 5.32 Å². The Morgan fingerprint density at radius 1 is 0.230 bits per heavy atom. The van der Waals surface area contributed by atoms with E-state index in [4.69, 9.17) is 133 Å². The summed E-state index contributed by atoms with van der Waals surface area (Å²) in [4.78, 5) is 239. The minimum atomic E-state index is -2.43. The van der Waals surface area contributed by atoms with Crippen LogP contribution in [0.3, 0.4) is 0 Å². The van der Waals surface area contributed by atoms with Crippen molar-refractivity contribution in [1.29, 1.82) is 0 Å². The number of carbonyl (C=O) groups is 18. The van der Waals surface area contributed by atoms with Crippen LogP contribution in [0.5, 0.6) is 0 Å². The molecule has 6 saturated heterocycles. The highest BCUT2D eigenvalue weighted by atomic mass is 16.8. The quantitative estimate of drug-likeness (QED) is 0.0565. The molecule has 30 atom stereocenters. The van der Waals surface area contributed by atoms with Gasteiger partial charge in [0.05, 0.1) is 6.10 Å². The van der Waals surface area contributed by atoms with E-state index in [1.165, 1.54) is 6.92 Å². The number of hydrogen-bond acceptors (Lipinski definition) is 46. The fraction of sp³-hybridized carbons (Fsp3) is 0.760. The van der Waals surface area contributed by atoms with E-state index in [2.05, 4.69) is 5.32 Å². The van der Waals surface area contributed by atoms with Gasteiger partial charge in [-0.2, -0.15) is 0 Å². The lowest BCUT2D eigenvalue weighted by atomic mass is 9.88. The van der Waals surface area contributed by atoms with Crippen molar-refractivity contribution in [2.24, 2.45) is 5.92 Å². The molecule has 0 aromatic heterocycles. The topological polar surface area (TPSA) is 578 Å². The molecule has 6 rings (SSSR count). The summed E-state index contributed by atoms with van der Waals surface area (Å²) < 4.78 is 170. The summed E-state index contributed by atoms with van der Waals surface area (Å²) in [6, 6.07) is -2.19. The van der Waals surface area contributed by atoms with Gasteiger partial charge in [0, 0.05) is 125 Å². The van der Waals surface area contributed by atoms with E-state index in [0.29, 0.717) is 0 Å². The third kappa shape index (κ3) is 29.4.